The second-order valence-electron chi connectivity index (χ2n) is 7.30. The average molecular weight is 390 g/mol. The SMILES string of the molecule is COc1ccc(C2NC(=O)N=C3CC4(O)Oc5ccccc5C=C4C(=O)C32)cc1. The molecule has 2 aliphatic heterocycles. The third kappa shape index (κ3) is 2.74. The number of nitrogens with one attached hydrogen (secondary N) is 1. The van der Waals surface area contributed by atoms with Crippen molar-refractivity contribution in [3.63, 3.8) is 0 Å². The highest BCUT2D eigenvalue weighted by Crippen LogP contribution is 2.45. The van der Waals surface area contributed by atoms with Crippen molar-refractivity contribution in [3.05, 3.63) is 65.2 Å². The largest absolute Gasteiger partial charge is 0.497 e. The summed E-state index contributed by atoms with van der Waals surface area (Å²) < 4.78 is 11.0. The molecule has 3 aliphatic rings. The van der Waals surface area contributed by atoms with Gasteiger partial charge in [0.05, 0.1) is 31.1 Å². The van der Waals surface area contributed by atoms with E-state index in [0.717, 1.165) is 11.1 Å². The summed E-state index contributed by atoms with van der Waals surface area (Å²) in [6.07, 6.45) is 1.61. The highest BCUT2D eigenvalue weighted by molar-refractivity contribution is 6.21. The fourth-order valence-electron chi connectivity index (χ4n) is 4.19. The van der Waals surface area contributed by atoms with Crippen LogP contribution in [0.5, 0.6) is 11.5 Å². The van der Waals surface area contributed by atoms with E-state index < -0.39 is 23.8 Å². The summed E-state index contributed by atoms with van der Waals surface area (Å²) in [7, 11) is 1.57. The van der Waals surface area contributed by atoms with Crippen LogP contribution in [0.4, 0.5) is 4.79 Å². The number of hydrogen-bond donors (Lipinski definition) is 2. The molecule has 29 heavy (non-hydrogen) atoms. The number of amides is 2. The van der Waals surface area contributed by atoms with E-state index in [1.165, 1.54) is 0 Å². The molecule has 7 heteroatoms. The maximum absolute atomic E-state index is 13.5. The molecule has 5 rings (SSSR count). The molecule has 3 atom stereocenters. The first kappa shape index (κ1) is 17.6. The Balaban J connectivity index is 1.60. The molecule has 2 heterocycles. The Bertz CT molecular complexity index is 1090. The molecule has 0 saturated heterocycles. The van der Waals surface area contributed by atoms with Crippen LogP contribution < -0.4 is 14.8 Å². The van der Waals surface area contributed by atoms with Gasteiger partial charge in [-0.15, -0.1) is 0 Å². The normalized spacial score (nSPS) is 27.4. The molecule has 0 spiro atoms. The summed E-state index contributed by atoms with van der Waals surface area (Å²) >= 11 is 0. The van der Waals surface area contributed by atoms with Crippen LogP contribution in [-0.4, -0.2) is 35.5 Å². The fraction of sp³-hybridized carbons (Fsp3) is 0.227. The van der Waals surface area contributed by atoms with Crippen LogP contribution in [0.3, 0.4) is 0 Å². The lowest BCUT2D eigenvalue weighted by Crippen LogP contribution is -2.57. The predicted molar refractivity (Wildman–Crippen MR) is 105 cm³/mol. The first-order chi connectivity index (χ1) is 14.0. The molecular weight excluding hydrogens is 372 g/mol. The van der Waals surface area contributed by atoms with Gasteiger partial charge in [-0.3, -0.25) is 4.79 Å². The minimum atomic E-state index is -1.83. The number of fused-ring (bicyclic) bond motifs is 3. The summed E-state index contributed by atoms with van der Waals surface area (Å²) in [5.74, 6) is -1.69. The van der Waals surface area contributed by atoms with Gasteiger partial charge in [0.2, 0.25) is 5.79 Å². The van der Waals surface area contributed by atoms with Crippen molar-refractivity contribution in [2.75, 3.05) is 7.11 Å². The third-order valence-electron chi connectivity index (χ3n) is 5.58. The lowest BCUT2D eigenvalue weighted by atomic mass is 9.71. The monoisotopic (exact) mass is 390 g/mol. The van der Waals surface area contributed by atoms with Crippen LogP contribution >= 0.6 is 0 Å². The number of carbonyl (C=O) groups is 2. The Kier molecular flexibility index (Phi) is 3.82. The molecule has 7 nitrogen and oxygen atoms in total. The number of hydrogen-bond acceptors (Lipinski definition) is 5. The first-order valence-electron chi connectivity index (χ1n) is 9.27. The Morgan fingerprint density at radius 2 is 1.93 bits per heavy atom. The molecule has 2 aromatic carbocycles. The van der Waals surface area contributed by atoms with Crippen molar-refractivity contribution in [1.29, 1.82) is 0 Å². The summed E-state index contributed by atoms with van der Waals surface area (Å²) in [5, 5.41) is 13.9. The number of para-hydroxylation sites is 1. The van der Waals surface area contributed by atoms with E-state index in [1.807, 2.05) is 24.3 Å². The van der Waals surface area contributed by atoms with Gasteiger partial charge in [-0.1, -0.05) is 30.3 Å². The van der Waals surface area contributed by atoms with Crippen molar-refractivity contribution in [2.24, 2.45) is 10.9 Å². The molecular formula is C22H18N2O5. The van der Waals surface area contributed by atoms with Crippen LogP contribution in [0.1, 0.15) is 23.6 Å². The van der Waals surface area contributed by atoms with E-state index in [-0.39, 0.29) is 17.8 Å². The molecule has 0 radical (unpaired) electrons. The van der Waals surface area contributed by atoms with Gasteiger partial charge in [0.15, 0.2) is 5.78 Å². The zero-order valence-corrected chi connectivity index (χ0v) is 15.6. The molecule has 2 aromatic rings. The number of carbonyl (C=O) groups excluding carboxylic acids is 2. The van der Waals surface area contributed by atoms with Gasteiger partial charge in [0.1, 0.15) is 11.5 Å². The number of Topliss-reactive ketones (excluding diaryl/α,β-unsaturated/α-hetero) is 1. The van der Waals surface area contributed by atoms with Crippen LogP contribution in [0.25, 0.3) is 6.08 Å². The zero-order valence-electron chi connectivity index (χ0n) is 15.6. The molecule has 2 N–H and O–H groups in total. The number of urea groups is 1. The van der Waals surface area contributed by atoms with E-state index in [0.29, 0.717) is 17.2 Å². The van der Waals surface area contributed by atoms with E-state index in [9.17, 15) is 14.7 Å². The molecule has 1 aliphatic carbocycles. The molecule has 0 bridgehead atoms. The number of ketones is 1. The second-order valence-corrected chi connectivity index (χ2v) is 7.30. The molecule has 146 valence electrons. The highest BCUT2D eigenvalue weighted by atomic mass is 16.6. The lowest BCUT2D eigenvalue weighted by Gasteiger charge is -2.43. The quantitative estimate of drug-likeness (QED) is 0.822. The van der Waals surface area contributed by atoms with Crippen LogP contribution in [0, 0.1) is 5.92 Å². The van der Waals surface area contributed by atoms with E-state index >= 15 is 0 Å². The van der Waals surface area contributed by atoms with Gasteiger partial charge in [-0.05, 0) is 29.8 Å². The number of rotatable bonds is 2. The summed E-state index contributed by atoms with van der Waals surface area (Å²) in [6.45, 7) is 0. The maximum Gasteiger partial charge on any atom is 0.341 e. The maximum atomic E-state index is 13.5. The number of benzene rings is 2. The van der Waals surface area contributed by atoms with Crippen molar-refractivity contribution >= 4 is 23.6 Å². The fourth-order valence-corrected chi connectivity index (χ4v) is 4.19. The van der Waals surface area contributed by atoms with Crippen molar-refractivity contribution in [3.8, 4) is 11.5 Å². The summed E-state index contributed by atoms with van der Waals surface area (Å²) in [6, 6.07) is 13.2. The predicted octanol–water partition coefficient (Wildman–Crippen LogP) is 2.65. The van der Waals surface area contributed by atoms with Gasteiger partial charge in [-0.2, -0.15) is 0 Å². The smallest absolute Gasteiger partial charge is 0.341 e. The van der Waals surface area contributed by atoms with Crippen molar-refractivity contribution in [1.82, 2.24) is 5.32 Å². The highest BCUT2D eigenvalue weighted by Gasteiger charge is 2.54. The van der Waals surface area contributed by atoms with Crippen LogP contribution in [0.2, 0.25) is 0 Å². The summed E-state index contributed by atoms with van der Waals surface area (Å²) in [4.78, 5) is 29.7. The molecule has 2 amide bonds. The zero-order chi connectivity index (χ0) is 20.2. The van der Waals surface area contributed by atoms with Gasteiger partial charge in [-0.25, -0.2) is 9.79 Å². The molecule has 0 aromatic heterocycles. The standard InChI is InChI=1S/C22H18N2O5/c1-28-14-8-6-12(7-9-14)19-18-16(23-21(26)24-19)11-22(27)15(20(18)25)10-13-4-2-3-5-17(13)29-22/h2-10,18-19,27H,11H2,1H3,(H,24,26). The summed E-state index contributed by atoms with van der Waals surface area (Å²) in [5.41, 5.74) is 1.98. The topological polar surface area (TPSA) is 97.2 Å². The Morgan fingerprint density at radius 1 is 1.17 bits per heavy atom. The average Bonchev–Trinajstić information content (AvgIpc) is 2.71. The van der Waals surface area contributed by atoms with Crippen molar-refractivity contribution in [2.45, 2.75) is 18.2 Å². The second kappa shape index (κ2) is 6.28. The Morgan fingerprint density at radius 3 is 2.69 bits per heavy atom. The third-order valence-corrected chi connectivity index (χ3v) is 5.58. The van der Waals surface area contributed by atoms with Gasteiger partial charge >= 0.3 is 6.03 Å². The number of aliphatic hydroxyl groups is 1. The number of nitrogens with zero attached hydrogens (tertiary/aromatic N) is 1. The lowest BCUT2D eigenvalue weighted by molar-refractivity contribution is -0.136. The van der Waals surface area contributed by atoms with Gasteiger partial charge < -0.3 is 19.9 Å². The molecule has 1 fully saturated rings. The Hall–Kier alpha value is -3.45. The number of ether oxygens (including phenoxy) is 2. The van der Waals surface area contributed by atoms with E-state index in [4.69, 9.17) is 9.47 Å². The first-order valence-corrected chi connectivity index (χ1v) is 9.27. The van der Waals surface area contributed by atoms with E-state index in [2.05, 4.69) is 10.3 Å². The minimum absolute atomic E-state index is 0.0519. The molecule has 1 saturated carbocycles. The van der Waals surface area contributed by atoms with Crippen LogP contribution in [-0.2, 0) is 4.79 Å². The number of methoxy groups -OCH3 is 1. The van der Waals surface area contributed by atoms with E-state index in [1.54, 1.807) is 37.5 Å². The van der Waals surface area contributed by atoms with Crippen molar-refractivity contribution < 1.29 is 24.2 Å². The van der Waals surface area contributed by atoms with Crippen LogP contribution in [0.15, 0.2) is 59.1 Å². The Labute approximate surface area is 166 Å². The number of aliphatic imine (C=N–C) groups is 1. The van der Waals surface area contributed by atoms with Gasteiger partial charge in [0, 0.05) is 11.3 Å². The minimum Gasteiger partial charge on any atom is -0.497 e. The molecule has 3 unspecified atom stereocenters. The van der Waals surface area contributed by atoms with Gasteiger partial charge in [0.25, 0.3) is 0 Å².